The maximum Gasteiger partial charge on any atom is 0.573 e. The molecule has 0 aliphatic carbocycles. The number of benzene rings is 2. The van der Waals surface area contributed by atoms with Crippen molar-refractivity contribution < 1.29 is 36.4 Å². The maximum atomic E-state index is 13.2. The van der Waals surface area contributed by atoms with E-state index >= 15 is 0 Å². The van der Waals surface area contributed by atoms with E-state index in [2.05, 4.69) is 24.7 Å². The van der Waals surface area contributed by atoms with E-state index in [-0.39, 0.29) is 17.7 Å². The van der Waals surface area contributed by atoms with Crippen molar-refractivity contribution in [3.63, 3.8) is 0 Å². The van der Waals surface area contributed by atoms with Gasteiger partial charge in [0, 0.05) is 37.6 Å². The van der Waals surface area contributed by atoms with Gasteiger partial charge < -0.3 is 19.5 Å². The second-order valence-corrected chi connectivity index (χ2v) is 10.3. The van der Waals surface area contributed by atoms with Crippen LogP contribution in [0.5, 0.6) is 11.8 Å². The van der Waals surface area contributed by atoms with Crippen molar-refractivity contribution in [2.45, 2.75) is 31.0 Å². The molecule has 1 aliphatic heterocycles. The van der Waals surface area contributed by atoms with Crippen LogP contribution < -0.4 is 19.5 Å². The topological polar surface area (TPSA) is 112 Å². The molecule has 1 aliphatic rings. The fourth-order valence-electron chi connectivity index (χ4n) is 4.52. The molecule has 9 nitrogen and oxygen atoms in total. The van der Waals surface area contributed by atoms with Crippen LogP contribution in [0.2, 0.25) is 0 Å². The quantitative estimate of drug-likeness (QED) is 0.369. The molecule has 13 heteroatoms. The highest BCUT2D eigenvalue weighted by molar-refractivity contribution is 7.82. The number of hydrogen-bond donors (Lipinski definition) is 2. The third-order valence-corrected chi connectivity index (χ3v) is 6.97. The summed E-state index contributed by atoms with van der Waals surface area (Å²) in [5.41, 5.74) is 1.98. The fourth-order valence-corrected chi connectivity index (χ4v) is 4.98. The van der Waals surface area contributed by atoms with E-state index in [1.165, 1.54) is 25.5 Å². The summed E-state index contributed by atoms with van der Waals surface area (Å²) in [6.07, 6.45) is -1.91. The van der Waals surface area contributed by atoms with Gasteiger partial charge in [0.2, 0.25) is 5.91 Å². The maximum absolute atomic E-state index is 13.2. The Bertz CT molecular complexity index is 1350. The van der Waals surface area contributed by atoms with Crippen LogP contribution in [0.15, 0.2) is 54.6 Å². The lowest BCUT2D eigenvalue weighted by molar-refractivity contribution is -0.274. The molecule has 3 aromatic rings. The molecule has 4 rings (SSSR count). The Labute approximate surface area is 232 Å². The number of amides is 1. The molecule has 2 N–H and O–H groups in total. The number of methoxy groups -OCH3 is 1. The van der Waals surface area contributed by atoms with Gasteiger partial charge >= 0.3 is 12.4 Å². The Hall–Kier alpha value is -3.71. The van der Waals surface area contributed by atoms with Crippen molar-refractivity contribution >= 4 is 22.7 Å². The first kappa shape index (κ1) is 29.3. The van der Waals surface area contributed by atoms with E-state index in [0.29, 0.717) is 50.5 Å². The highest BCUT2D eigenvalue weighted by atomic mass is 32.2. The van der Waals surface area contributed by atoms with Crippen molar-refractivity contribution in [2.75, 3.05) is 38.4 Å². The standard InChI is InChI=1S/C27H29F3N4O5S/c1-37-25-32-22(17-23(33-25)31-13-10-18-6-8-21(9-7-18)39-27(28,29)30)19-4-3-5-20(16-19)26(11-14-38-15-12-26)24(35)34-40(2)36/h3-9,16-17H,10-15H2,1-2H3,(H,34,35)(H,31,32,33). The minimum atomic E-state index is -4.74. The first-order valence-electron chi connectivity index (χ1n) is 12.4. The van der Waals surface area contributed by atoms with Gasteiger partial charge in [-0.2, -0.15) is 9.97 Å². The lowest BCUT2D eigenvalue weighted by atomic mass is 9.73. The second-order valence-electron chi connectivity index (χ2n) is 9.15. The highest BCUT2D eigenvalue weighted by Crippen LogP contribution is 2.37. The van der Waals surface area contributed by atoms with Crippen molar-refractivity contribution in [2.24, 2.45) is 0 Å². The van der Waals surface area contributed by atoms with Crippen LogP contribution in [-0.2, 0) is 32.4 Å². The van der Waals surface area contributed by atoms with Crippen LogP contribution in [-0.4, -0.2) is 59.6 Å². The van der Waals surface area contributed by atoms with E-state index in [1.807, 2.05) is 24.3 Å². The molecule has 0 bridgehead atoms. The van der Waals surface area contributed by atoms with Crippen molar-refractivity contribution in [3.05, 3.63) is 65.7 Å². The zero-order valence-corrected chi connectivity index (χ0v) is 22.7. The molecule has 0 radical (unpaired) electrons. The Morgan fingerprint density at radius 1 is 1.10 bits per heavy atom. The molecule has 1 unspecified atom stereocenters. The molecular weight excluding hydrogens is 549 g/mol. The Kier molecular flexibility index (Phi) is 9.25. The molecule has 1 saturated heterocycles. The summed E-state index contributed by atoms with van der Waals surface area (Å²) in [6.45, 7) is 1.25. The molecular formula is C27H29F3N4O5S. The van der Waals surface area contributed by atoms with Gasteiger partial charge in [0.15, 0.2) is 0 Å². The monoisotopic (exact) mass is 578 g/mol. The van der Waals surface area contributed by atoms with Gasteiger partial charge in [-0.25, -0.2) is 4.21 Å². The number of nitrogens with zero attached hydrogens (tertiary/aromatic N) is 2. The largest absolute Gasteiger partial charge is 0.573 e. The molecule has 2 heterocycles. The van der Waals surface area contributed by atoms with Crippen LogP contribution in [0.1, 0.15) is 24.0 Å². The number of ether oxygens (including phenoxy) is 3. The van der Waals surface area contributed by atoms with Crippen molar-refractivity contribution in [3.8, 4) is 23.0 Å². The van der Waals surface area contributed by atoms with E-state index < -0.39 is 22.8 Å². The molecule has 1 fully saturated rings. The van der Waals surface area contributed by atoms with Gasteiger partial charge in [-0.1, -0.05) is 30.3 Å². The average molecular weight is 579 g/mol. The smallest absolute Gasteiger partial charge is 0.467 e. The van der Waals surface area contributed by atoms with Crippen molar-refractivity contribution in [1.29, 1.82) is 0 Å². The molecule has 214 valence electrons. The Morgan fingerprint density at radius 2 is 1.82 bits per heavy atom. The number of alkyl halides is 3. The van der Waals surface area contributed by atoms with E-state index in [0.717, 1.165) is 16.7 Å². The van der Waals surface area contributed by atoms with E-state index in [9.17, 15) is 22.2 Å². The van der Waals surface area contributed by atoms with Gasteiger partial charge in [-0.15, -0.1) is 13.2 Å². The SMILES string of the molecule is COc1nc(NCCc2ccc(OC(F)(F)F)cc2)cc(-c2cccc(C3(C(=O)NS(C)=O)CCOCC3)c2)n1. The summed E-state index contributed by atoms with van der Waals surface area (Å²) in [7, 11) is -0.0513. The summed E-state index contributed by atoms with van der Waals surface area (Å²) >= 11 is 0. The van der Waals surface area contributed by atoms with Gasteiger partial charge in [0.05, 0.1) is 18.2 Å². The molecule has 1 atom stereocenters. The Balaban J connectivity index is 1.52. The first-order chi connectivity index (χ1) is 19.1. The summed E-state index contributed by atoms with van der Waals surface area (Å²) in [4.78, 5) is 22.0. The van der Waals surface area contributed by atoms with Crippen LogP contribution in [0, 0.1) is 0 Å². The molecule has 1 aromatic heterocycles. The van der Waals surface area contributed by atoms with Gasteiger partial charge in [-0.05, 0) is 48.6 Å². The summed E-state index contributed by atoms with van der Waals surface area (Å²) in [5.74, 6) is -0.0989. The zero-order valence-electron chi connectivity index (χ0n) is 21.9. The van der Waals surface area contributed by atoms with Gasteiger partial charge in [0.25, 0.3) is 0 Å². The minimum Gasteiger partial charge on any atom is -0.467 e. The molecule has 2 aromatic carbocycles. The van der Waals surface area contributed by atoms with Crippen LogP contribution >= 0.6 is 0 Å². The third kappa shape index (κ3) is 7.48. The number of rotatable bonds is 10. The summed E-state index contributed by atoms with van der Waals surface area (Å²) in [6, 6.07) is 15.0. The van der Waals surface area contributed by atoms with E-state index in [1.54, 1.807) is 18.2 Å². The fraction of sp³-hybridized carbons (Fsp3) is 0.370. The second kappa shape index (κ2) is 12.6. The molecule has 40 heavy (non-hydrogen) atoms. The molecule has 0 saturated carbocycles. The van der Waals surface area contributed by atoms with Gasteiger partial charge in [-0.3, -0.25) is 9.52 Å². The number of anilines is 1. The first-order valence-corrected chi connectivity index (χ1v) is 14.0. The lowest BCUT2D eigenvalue weighted by Crippen LogP contribution is -2.48. The number of nitrogens with one attached hydrogen (secondary N) is 2. The number of halogens is 3. The predicted octanol–water partition coefficient (Wildman–Crippen LogP) is 4.16. The summed E-state index contributed by atoms with van der Waals surface area (Å²) < 4.78 is 66.2. The Morgan fingerprint density at radius 3 is 2.48 bits per heavy atom. The molecule has 0 spiro atoms. The van der Waals surface area contributed by atoms with E-state index in [4.69, 9.17) is 9.47 Å². The van der Waals surface area contributed by atoms with Crippen molar-refractivity contribution in [1.82, 2.24) is 14.7 Å². The van der Waals surface area contributed by atoms with Gasteiger partial charge in [0.1, 0.15) is 22.6 Å². The predicted molar refractivity (Wildman–Crippen MR) is 143 cm³/mol. The lowest BCUT2D eigenvalue weighted by Gasteiger charge is -2.36. The number of aromatic nitrogens is 2. The number of carbonyl (C=O) groups is 1. The average Bonchev–Trinajstić information content (AvgIpc) is 2.93. The van der Waals surface area contributed by atoms with Crippen LogP contribution in [0.4, 0.5) is 19.0 Å². The normalized spacial score (nSPS) is 15.6. The number of carbonyl (C=O) groups excluding carboxylic acids is 1. The summed E-state index contributed by atoms with van der Waals surface area (Å²) in [5, 5.41) is 3.20. The third-order valence-electron chi connectivity index (χ3n) is 6.49. The molecule has 1 amide bonds. The number of hydrogen-bond acceptors (Lipinski definition) is 8. The zero-order chi connectivity index (χ0) is 28.8. The van der Waals surface area contributed by atoms with Crippen LogP contribution in [0.3, 0.4) is 0 Å². The van der Waals surface area contributed by atoms with Crippen LogP contribution in [0.25, 0.3) is 11.3 Å². The minimum absolute atomic E-state index is 0.138. The highest BCUT2D eigenvalue weighted by Gasteiger charge is 2.42.